The summed E-state index contributed by atoms with van der Waals surface area (Å²) in [7, 11) is 0. The van der Waals surface area contributed by atoms with Crippen LogP contribution in [0.4, 0.5) is 13.2 Å². The molecular formula is C12H16Cl2F3N3O. The van der Waals surface area contributed by atoms with Gasteiger partial charge in [-0.3, -0.25) is 9.78 Å². The van der Waals surface area contributed by atoms with Crippen molar-refractivity contribution in [3.05, 3.63) is 29.6 Å². The second-order valence-electron chi connectivity index (χ2n) is 4.56. The zero-order valence-electron chi connectivity index (χ0n) is 11.0. The van der Waals surface area contributed by atoms with Gasteiger partial charge in [-0.2, -0.15) is 13.2 Å². The molecule has 0 saturated carbocycles. The summed E-state index contributed by atoms with van der Waals surface area (Å²) >= 11 is 0. The van der Waals surface area contributed by atoms with Crippen molar-refractivity contribution in [1.29, 1.82) is 0 Å². The number of piperidine rings is 1. The van der Waals surface area contributed by atoms with Crippen LogP contribution in [0, 0.1) is 0 Å². The van der Waals surface area contributed by atoms with Crippen molar-refractivity contribution in [3.63, 3.8) is 0 Å². The van der Waals surface area contributed by atoms with E-state index < -0.39 is 11.7 Å². The second-order valence-corrected chi connectivity index (χ2v) is 4.56. The molecule has 120 valence electrons. The minimum Gasteiger partial charge on any atom is -0.337 e. The Balaban J connectivity index is 0.00000200. The quantitative estimate of drug-likeness (QED) is 0.850. The van der Waals surface area contributed by atoms with Gasteiger partial charge in [0.2, 0.25) is 0 Å². The van der Waals surface area contributed by atoms with Crippen molar-refractivity contribution >= 4 is 30.7 Å². The first-order valence-corrected chi connectivity index (χ1v) is 5.96. The molecule has 0 atom stereocenters. The lowest BCUT2D eigenvalue weighted by Gasteiger charge is -2.29. The summed E-state index contributed by atoms with van der Waals surface area (Å²) in [6, 6.07) is 2.07. The molecule has 2 rings (SSSR count). The minimum atomic E-state index is -4.44. The smallest absolute Gasteiger partial charge is 0.337 e. The van der Waals surface area contributed by atoms with Crippen LogP contribution in [0.15, 0.2) is 18.3 Å². The van der Waals surface area contributed by atoms with Gasteiger partial charge >= 0.3 is 6.18 Å². The fourth-order valence-electron chi connectivity index (χ4n) is 1.95. The number of aromatic nitrogens is 1. The first-order chi connectivity index (χ1) is 8.88. The monoisotopic (exact) mass is 345 g/mol. The minimum absolute atomic E-state index is 0. The van der Waals surface area contributed by atoms with Gasteiger partial charge in [-0.1, -0.05) is 0 Å². The molecule has 0 aliphatic carbocycles. The first kappa shape index (κ1) is 19.9. The van der Waals surface area contributed by atoms with Crippen molar-refractivity contribution < 1.29 is 18.0 Å². The summed E-state index contributed by atoms with van der Waals surface area (Å²) < 4.78 is 37.1. The lowest BCUT2D eigenvalue weighted by atomic mass is 10.1. The fourth-order valence-corrected chi connectivity index (χ4v) is 1.95. The van der Waals surface area contributed by atoms with Gasteiger partial charge in [0.05, 0.1) is 5.56 Å². The molecule has 0 unspecified atom stereocenters. The van der Waals surface area contributed by atoms with E-state index in [1.807, 2.05) is 0 Å². The molecule has 2 N–H and O–H groups in total. The Bertz CT molecular complexity index is 460. The van der Waals surface area contributed by atoms with Crippen molar-refractivity contribution in [2.75, 3.05) is 13.1 Å². The van der Waals surface area contributed by atoms with Gasteiger partial charge in [0, 0.05) is 25.3 Å². The predicted octanol–water partition coefficient (Wildman–Crippen LogP) is 2.51. The van der Waals surface area contributed by atoms with Gasteiger partial charge in [0.1, 0.15) is 5.69 Å². The number of alkyl halides is 3. The number of nitrogens with zero attached hydrogens (tertiary/aromatic N) is 2. The van der Waals surface area contributed by atoms with Gasteiger partial charge in [0.25, 0.3) is 5.91 Å². The average molecular weight is 346 g/mol. The molecule has 9 heteroatoms. The number of amides is 1. The maximum Gasteiger partial charge on any atom is 0.417 e. The maximum atomic E-state index is 12.4. The third-order valence-corrected chi connectivity index (χ3v) is 3.14. The summed E-state index contributed by atoms with van der Waals surface area (Å²) in [5.74, 6) is -0.347. The Labute approximate surface area is 132 Å². The third kappa shape index (κ3) is 5.01. The number of pyridine rings is 1. The molecule has 4 nitrogen and oxygen atoms in total. The van der Waals surface area contributed by atoms with E-state index in [2.05, 4.69) is 4.98 Å². The van der Waals surface area contributed by atoms with E-state index in [4.69, 9.17) is 5.73 Å². The number of nitrogens with two attached hydrogens (primary N) is 1. The molecular weight excluding hydrogens is 330 g/mol. The van der Waals surface area contributed by atoms with Crippen LogP contribution in [-0.4, -0.2) is 34.9 Å². The Morgan fingerprint density at radius 2 is 1.81 bits per heavy atom. The van der Waals surface area contributed by atoms with Crippen LogP contribution >= 0.6 is 24.8 Å². The van der Waals surface area contributed by atoms with Crippen LogP contribution in [0.2, 0.25) is 0 Å². The van der Waals surface area contributed by atoms with Crippen LogP contribution < -0.4 is 5.73 Å². The molecule has 1 aromatic heterocycles. The van der Waals surface area contributed by atoms with Gasteiger partial charge in [-0.15, -0.1) is 24.8 Å². The average Bonchev–Trinajstić information content (AvgIpc) is 2.38. The molecule has 1 amide bonds. The van der Waals surface area contributed by atoms with E-state index >= 15 is 0 Å². The number of carbonyl (C=O) groups excluding carboxylic acids is 1. The van der Waals surface area contributed by atoms with Gasteiger partial charge < -0.3 is 10.6 Å². The summed E-state index contributed by atoms with van der Waals surface area (Å²) in [6.45, 7) is 1.03. The highest BCUT2D eigenvalue weighted by atomic mass is 35.5. The molecule has 1 aliphatic heterocycles. The van der Waals surface area contributed by atoms with E-state index in [1.54, 1.807) is 4.90 Å². The number of rotatable bonds is 1. The first-order valence-electron chi connectivity index (χ1n) is 5.96. The Morgan fingerprint density at radius 1 is 1.24 bits per heavy atom. The van der Waals surface area contributed by atoms with Crippen molar-refractivity contribution in [1.82, 2.24) is 9.88 Å². The molecule has 0 spiro atoms. The standard InChI is InChI=1S/C12H14F3N3O.2ClH/c13-12(14,15)8-1-2-10(17-7-8)11(19)18-5-3-9(16)4-6-18;;/h1-2,7,9H,3-6,16H2;2*1H. The van der Waals surface area contributed by atoms with Crippen molar-refractivity contribution in [3.8, 4) is 0 Å². The number of hydrogen-bond donors (Lipinski definition) is 1. The molecule has 2 heterocycles. The highest BCUT2D eigenvalue weighted by Crippen LogP contribution is 2.28. The van der Waals surface area contributed by atoms with E-state index in [1.165, 1.54) is 0 Å². The van der Waals surface area contributed by atoms with Gasteiger partial charge in [0.15, 0.2) is 0 Å². The summed E-state index contributed by atoms with van der Waals surface area (Å²) in [5.41, 5.74) is 4.90. The second kappa shape index (κ2) is 7.82. The molecule has 1 fully saturated rings. The van der Waals surface area contributed by atoms with Crippen LogP contribution in [0.3, 0.4) is 0 Å². The number of carbonyl (C=O) groups is 1. The molecule has 0 radical (unpaired) electrons. The highest BCUT2D eigenvalue weighted by molar-refractivity contribution is 5.92. The summed E-state index contributed by atoms with van der Waals surface area (Å²) in [6.07, 6.45) is -2.35. The predicted molar refractivity (Wildman–Crippen MR) is 76.8 cm³/mol. The topological polar surface area (TPSA) is 59.2 Å². The Hall–Kier alpha value is -1.05. The molecule has 1 aromatic rings. The van der Waals surface area contributed by atoms with Crippen molar-refractivity contribution in [2.45, 2.75) is 25.1 Å². The molecule has 0 aromatic carbocycles. The molecule has 21 heavy (non-hydrogen) atoms. The Morgan fingerprint density at radius 3 is 2.24 bits per heavy atom. The maximum absolute atomic E-state index is 12.4. The fraction of sp³-hybridized carbons (Fsp3) is 0.500. The number of hydrogen-bond acceptors (Lipinski definition) is 3. The number of likely N-dealkylation sites (tertiary alicyclic amines) is 1. The summed E-state index contributed by atoms with van der Waals surface area (Å²) in [4.78, 5) is 17.2. The Kier molecular flexibility index (Phi) is 7.43. The normalized spacial score (nSPS) is 15.9. The zero-order valence-corrected chi connectivity index (χ0v) is 12.6. The van der Waals surface area contributed by atoms with Crippen LogP contribution in [0.1, 0.15) is 28.9 Å². The highest BCUT2D eigenvalue weighted by Gasteiger charge is 2.31. The zero-order chi connectivity index (χ0) is 14.0. The number of halogens is 5. The van der Waals surface area contributed by atoms with E-state index in [0.717, 1.165) is 12.1 Å². The lowest BCUT2D eigenvalue weighted by molar-refractivity contribution is -0.137. The van der Waals surface area contributed by atoms with Gasteiger partial charge in [-0.25, -0.2) is 0 Å². The SMILES string of the molecule is Cl.Cl.NC1CCN(C(=O)c2ccc(C(F)(F)F)cn2)CC1. The molecule has 1 saturated heterocycles. The molecule has 0 bridgehead atoms. The lowest BCUT2D eigenvalue weighted by Crippen LogP contribution is -2.43. The van der Waals surface area contributed by atoms with Crippen molar-refractivity contribution in [2.24, 2.45) is 5.73 Å². The van der Waals surface area contributed by atoms with Crippen LogP contribution in [0.5, 0.6) is 0 Å². The van der Waals surface area contributed by atoms with Crippen LogP contribution in [0.25, 0.3) is 0 Å². The van der Waals surface area contributed by atoms with E-state index in [0.29, 0.717) is 32.1 Å². The van der Waals surface area contributed by atoms with Gasteiger partial charge in [-0.05, 0) is 25.0 Å². The van der Waals surface area contributed by atoms with E-state index in [9.17, 15) is 18.0 Å². The molecule has 1 aliphatic rings. The largest absolute Gasteiger partial charge is 0.417 e. The summed E-state index contributed by atoms with van der Waals surface area (Å²) in [5, 5.41) is 0. The third-order valence-electron chi connectivity index (χ3n) is 3.14. The van der Waals surface area contributed by atoms with E-state index in [-0.39, 0.29) is 42.5 Å². The van der Waals surface area contributed by atoms with Crippen LogP contribution in [-0.2, 0) is 6.18 Å².